The molecule has 1 heterocycles. The van der Waals surface area contributed by atoms with Crippen LogP contribution in [-0.2, 0) is 4.79 Å². The van der Waals surface area contributed by atoms with E-state index in [1.54, 1.807) is 30.3 Å². The zero-order chi connectivity index (χ0) is 14.5. The van der Waals surface area contributed by atoms with Crippen LogP contribution in [0.4, 0.5) is 0 Å². The predicted molar refractivity (Wildman–Crippen MR) is 68.3 cm³/mol. The number of H-pyrrole nitrogens is 1. The summed E-state index contributed by atoms with van der Waals surface area (Å²) < 4.78 is 0. The Hall–Kier alpha value is -2.96. The van der Waals surface area contributed by atoms with Gasteiger partial charge in [0.25, 0.3) is 5.91 Å². The molecule has 1 unspecified atom stereocenters. The number of carboxylic acids is 1. The molecule has 1 aromatic heterocycles. The molecule has 7 heteroatoms. The third-order valence-corrected chi connectivity index (χ3v) is 2.65. The molecule has 2 aromatic rings. The average Bonchev–Trinajstić information content (AvgIpc) is 2.95. The number of aromatic amines is 1. The molecule has 0 aliphatic heterocycles. The van der Waals surface area contributed by atoms with Gasteiger partial charge in [-0.05, 0) is 5.56 Å². The van der Waals surface area contributed by atoms with Crippen LogP contribution in [0.3, 0.4) is 0 Å². The minimum atomic E-state index is -1.30. The normalized spacial score (nSPS) is 11.6. The fourth-order valence-corrected chi connectivity index (χ4v) is 1.70. The van der Waals surface area contributed by atoms with Crippen LogP contribution in [0.1, 0.15) is 32.6 Å². The summed E-state index contributed by atoms with van der Waals surface area (Å²) in [6.07, 6.45) is 1.68. The van der Waals surface area contributed by atoms with Crippen LogP contribution in [0.15, 0.2) is 36.7 Å². The molecule has 0 saturated carbocycles. The zero-order valence-electron chi connectivity index (χ0n) is 10.2. The molecular formula is C13H11N3O4. The third-order valence-electron chi connectivity index (χ3n) is 2.65. The lowest BCUT2D eigenvalue weighted by Gasteiger charge is -2.12. The van der Waals surface area contributed by atoms with E-state index in [1.165, 1.54) is 0 Å². The van der Waals surface area contributed by atoms with Gasteiger partial charge in [-0.2, -0.15) is 0 Å². The first kappa shape index (κ1) is 13.5. The summed E-state index contributed by atoms with van der Waals surface area (Å²) in [6.45, 7) is 0. The van der Waals surface area contributed by atoms with Gasteiger partial charge in [-0.3, -0.25) is 4.79 Å². The van der Waals surface area contributed by atoms with E-state index < -0.39 is 17.9 Å². The number of carboxylic acid groups (broad SMARTS) is 1. The highest BCUT2D eigenvalue weighted by atomic mass is 16.4. The maximum Gasteiger partial charge on any atom is 0.354 e. The second-order valence-corrected chi connectivity index (χ2v) is 3.93. The Balaban J connectivity index is 2.20. The Morgan fingerprint density at radius 3 is 2.60 bits per heavy atom. The molecule has 1 amide bonds. The van der Waals surface area contributed by atoms with Gasteiger partial charge < -0.3 is 20.2 Å². The smallest absolute Gasteiger partial charge is 0.354 e. The van der Waals surface area contributed by atoms with Crippen molar-refractivity contribution in [1.82, 2.24) is 15.3 Å². The number of aromatic carboxylic acids is 1. The van der Waals surface area contributed by atoms with Gasteiger partial charge >= 0.3 is 5.97 Å². The molecule has 0 aliphatic carbocycles. The lowest BCUT2D eigenvalue weighted by Crippen LogP contribution is -2.30. The molecule has 2 rings (SSSR count). The van der Waals surface area contributed by atoms with E-state index in [1.807, 2.05) is 0 Å². The first-order chi connectivity index (χ1) is 9.63. The van der Waals surface area contributed by atoms with E-state index in [4.69, 9.17) is 5.11 Å². The van der Waals surface area contributed by atoms with Crippen molar-refractivity contribution in [2.45, 2.75) is 6.04 Å². The predicted octanol–water partition coefficient (Wildman–Crippen LogP) is 0.778. The quantitative estimate of drug-likeness (QED) is 0.697. The van der Waals surface area contributed by atoms with Crippen molar-refractivity contribution in [2.24, 2.45) is 0 Å². The van der Waals surface area contributed by atoms with Crippen LogP contribution in [0.25, 0.3) is 0 Å². The highest BCUT2D eigenvalue weighted by Gasteiger charge is 2.22. The number of nitrogens with one attached hydrogen (secondary N) is 2. The number of carbonyl (C=O) groups excluding carboxylic acids is 2. The topological polar surface area (TPSA) is 112 Å². The summed E-state index contributed by atoms with van der Waals surface area (Å²) >= 11 is 0. The summed E-state index contributed by atoms with van der Waals surface area (Å²) in [5.74, 6) is -2.03. The Kier molecular flexibility index (Phi) is 3.90. The molecule has 0 bridgehead atoms. The third kappa shape index (κ3) is 2.72. The molecule has 1 atom stereocenters. The summed E-state index contributed by atoms with van der Waals surface area (Å²) in [4.78, 5) is 39.9. The van der Waals surface area contributed by atoms with Gasteiger partial charge in [-0.15, -0.1) is 0 Å². The second-order valence-electron chi connectivity index (χ2n) is 3.93. The molecule has 0 saturated heterocycles. The van der Waals surface area contributed by atoms with Crippen molar-refractivity contribution in [3.63, 3.8) is 0 Å². The standard InChI is InChI=1S/C13H11N3O4/c17-6-9(8-4-2-1-3-5-8)16-12(18)10-11(13(19)20)15-7-14-10/h1-7,9H,(H,14,15)(H,16,18)(H,19,20). The molecule has 7 nitrogen and oxygen atoms in total. The number of benzene rings is 1. The van der Waals surface area contributed by atoms with E-state index in [-0.39, 0.29) is 11.4 Å². The number of aldehydes is 1. The van der Waals surface area contributed by atoms with Crippen molar-refractivity contribution in [1.29, 1.82) is 0 Å². The van der Waals surface area contributed by atoms with Gasteiger partial charge in [-0.1, -0.05) is 30.3 Å². The highest BCUT2D eigenvalue weighted by Crippen LogP contribution is 2.11. The molecule has 0 aliphatic rings. The summed E-state index contributed by atoms with van der Waals surface area (Å²) in [5.41, 5.74) is 0.0174. The lowest BCUT2D eigenvalue weighted by molar-refractivity contribution is -0.109. The van der Waals surface area contributed by atoms with Crippen molar-refractivity contribution in [3.05, 3.63) is 53.6 Å². The van der Waals surface area contributed by atoms with E-state index >= 15 is 0 Å². The van der Waals surface area contributed by atoms with Crippen LogP contribution in [0, 0.1) is 0 Å². The van der Waals surface area contributed by atoms with Crippen molar-refractivity contribution in [2.75, 3.05) is 0 Å². The van der Waals surface area contributed by atoms with Crippen LogP contribution < -0.4 is 5.32 Å². The van der Waals surface area contributed by atoms with Gasteiger partial charge in [0.1, 0.15) is 12.3 Å². The number of imidazole rings is 1. The molecule has 0 spiro atoms. The SMILES string of the molecule is O=CC(NC(=O)c1nc[nH]c1C(=O)O)c1ccccc1. The van der Waals surface area contributed by atoms with Crippen LogP contribution in [-0.4, -0.2) is 33.2 Å². The maximum absolute atomic E-state index is 12.0. The number of aromatic nitrogens is 2. The van der Waals surface area contributed by atoms with Crippen molar-refractivity contribution >= 4 is 18.2 Å². The van der Waals surface area contributed by atoms with Crippen LogP contribution in [0.2, 0.25) is 0 Å². The fraction of sp³-hybridized carbons (Fsp3) is 0.0769. The Morgan fingerprint density at radius 1 is 1.30 bits per heavy atom. The van der Waals surface area contributed by atoms with E-state index in [2.05, 4.69) is 15.3 Å². The Morgan fingerprint density at radius 2 is 2.00 bits per heavy atom. The van der Waals surface area contributed by atoms with Gasteiger partial charge in [0, 0.05) is 0 Å². The van der Waals surface area contributed by atoms with Gasteiger partial charge in [0.15, 0.2) is 11.4 Å². The maximum atomic E-state index is 12.0. The first-order valence-electron chi connectivity index (χ1n) is 5.71. The molecule has 102 valence electrons. The molecule has 3 N–H and O–H groups in total. The molecule has 1 aromatic carbocycles. The summed E-state index contributed by atoms with van der Waals surface area (Å²) in [5, 5.41) is 11.3. The molecule has 20 heavy (non-hydrogen) atoms. The number of amides is 1. The number of nitrogens with zero attached hydrogens (tertiary/aromatic N) is 1. The van der Waals surface area contributed by atoms with E-state index in [0.717, 1.165) is 6.33 Å². The summed E-state index contributed by atoms with van der Waals surface area (Å²) in [6, 6.07) is 7.75. The van der Waals surface area contributed by atoms with Crippen molar-refractivity contribution < 1.29 is 19.5 Å². The van der Waals surface area contributed by atoms with Crippen LogP contribution in [0.5, 0.6) is 0 Å². The zero-order valence-corrected chi connectivity index (χ0v) is 10.2. The van der Waals surface area contributed by atoms with E-state index in [9.17, 15) is 14.4 Å². The number of hydrogen-bond acceptors (Lipinski definition) is 4. The molecule has 0 radical (unpaired) electrons. The number of hydrogen-bond donors (Lipinski definition) is 3. The molecule has 0 fully saturated rings. The van der Waals surface area contributed by atoms with Gasteiger partial charge in [0.2, 0.25) is 0 Å². The monoisotopic (exact) mass is 273 g/mol. The average molecular weight is 273 g/mol. The largest absolute Gasteiger partial charge is 0.477 e. The second kappa shape index (κ2) is 5.79. The fourth-order valence-electron chi connectivity index (χ4n) is 1.70. The Bertz CT molecular complexity index is 636. The summed E-state index contributed by atoms with van der Waals surface area (Å²) in [7, 11) is 0. The van der Waals surface area contributed by atoms with Crippen molar-refractivity contribution in [3.8, 4) is 0 Å². The van der Waals surface area contributed by atoms with Crippen LogP contribution >= 0.6 is 0 Å². The minimum absolute atomic E-state index is 0.264. The van der Waals surface area contributed by atoms with Gasteiger partial charge in [-0.25, -0.2) is 9.78 Å². The lowest BCUT2D eigenvalue weighted by atomic mass is 10.1. The van der Waals surface area contributed by atoms with E-state index in [0.29, 0.717) is 11.8 Å². The number of carbonyl (C=O) groups is 3. The van der Waals surface area contributed by atoms with Gasteiger partial charge in [0.05, 0.1) is 6.33 Å². The minimum Gasteiger partial charge on any atom is -0.477 e. The number of rotatable bonds is 5. The highest BCUT2D eigenvalue weighted by molar-refractivity contribution is 6.02. The molecular weight excluding hydrogens is 262 g/mol. The first-order valence-corrected chi connectivity index (χ1v) is 5.71. The Labute approximate surface area is 113 Å².